The molecular weight excluding hydrogens is 194 g/mol. The van der Waals surface area contributed by atoms with Crippen molar-refractivity contribution in [1.29, 1.82) is 0 Å². The highest BCUT2D eigenvalue weighted by atomic mass is 16.5. The van der Waals surface area contributed by atoms with E-state index in [1.165, 1.54) is 7.11 Å². The molecule has 0 aromatic carbocycles. The van der Waals surface area contributed by atoms with Crippen molar-refractivity contribution in [1.82, 2.24) is 9.78 Å². The van der Waals surface area contributed by atoms with E-state index in [1.54, 1.807) is 17.8 Å². The molecule has 0 bridgehead atoms. The van der Waals surface area contributed by atoms with Crippen LogP contribution in [0.3, 0.4) is 0 Å². The predicted octanol–water partition coefficient (Wildman–Crippen LogP) is 0.486. The van der Waals surface area contributed by atoms with Gasteiger partial charge in [0.15, 0.2) is 5.69 Å². The molecule has 1 heterocycles. The van der Waals surface area contributed by atoms with Crippen LogP contribution in [0.5, 0.6) is 0 Å². The van der Waals surface area contributed by atoms with Crippen LogP contribution in [0.1, 0.15) is 30.0 Å². The van der Waals surface area contributed by atoms with E-state index in [0.717, 1.165) is 5.69 Å². The minimum absolute atomic E-state index is 0.318. The van der Waals surface area contributed by atoms with Crippen molar-refractivity contribution in [3.05, 3.63) is 17.5 Å². The van der Waals surface area contributed by atoms with Crippen LogP contribution in [0, 0.1) is 0 Å². The van der Waals surface area contributed by atoms with Gasteiger partial charge in [0.2, 0.25) is 0 Å². The topological polar surface area (TPSA) is 70.1 Å². The van der Waals surface area contributed by atoms with Crippen LogP contribution in [-0.4, -0.2) is 28.4 Å². The van der Waals surface area contributed by atoms with Gasteiger partial charge < -0.3 is 10.5 Å². The molecule has 0 saturated heterocycles. The number of carbonyl (C=O) groups is 1. The fraction of sp³-hybridized carbons (Fsp3) is 0.600. The molecular formula is C10H17N3O2. The molecule has 0 amide bonds. The second kappa shape index (κ2) is 4.02. The van der Waals surface area contributed by atoms with Gasteiger partial charge in [-0.15, -0.1) is 0 Å². The number of esters is 1. The average Bonchev–Trinajstić information content (AvgIpc) is 2.44. The molecule has 0 atom stereocenters. The van der Waals surface area contributed by atoms with Gasteiger partial charge in [-0.3, -0.25) is 4.68 Å². The molecule has 5 nitrogen and oxygen atoms in total. The number of hydrogen-bond donors (Lipinski definition) is 1. The molecule has 0 fully saturated rings. The Hall–Kier alpha value is -1.36. The van der Waals surface area contributed by atoms with E-state index in [-0.39, 0.29) is 5.54 Å². The number of nitrogens with zero attached hydrogens (tertiary/aromatic N) is 2. The van der Waals surface area contributed by atoms with Gasteiger partial charge >= 0.3 is 5.97 Å². The molecule has 15 heavy (non-hydrogen) atoms. The number of nitrogens with two attached hydrogens (primary N) is 1. The monoisotopic (exact) mass is 211 g/mol. The summed E-state index contributed by atoms with van der Waals surface area (Å²) in [4.78, 5) is 11.2. The second-order valence-corrected chi connectivity index (χ2v) is 4.30. The summed E-state index contributed by atoms with van der Waals surface area (Å²) in [5, 5.41) is 4.05. The highest BCUT2D eigenvalue weighted by Gasteiger charge is 2.18. The van der Waals surface area contributed by atoms with Gasteiger partial charge in [-0.05, 0) is 19.9 Å². The maximum atomic E-state index is 11.2. The van der Waals surface area contributed by atoms with E-state index in [2.05, 4.69) is 9.84 Å². The quantitative estimate of drug-likeness (QED) is 0.738. The number of ether oxygens (including phenoxy) is 1. The third kappa shape index (κ3) is 3.06. The Morgan fingerprint density at radius 1 is 1.67 bits per heavy atom. The first-order valence-corrected chi connectivity index (χ1v) is 4.73. The highest BCUT2D eigenvalue weighted by molar-refractivity contribution is 5.87. The molecule has 0 spiro atoms. The molecule has 0 aliphatic carbocycles. The number of rotatable bonds is 3. The lowest BCUT2D eigenvalue weighted by Gasteiger charge is -2.17. The molecule has 0 saturated carbocycles. The summed E-state index contributed by atoms with van der Waals surface area (Å²) in [5.41, 5.74) is 6.82. The molecule has 1 aromatic heterocycles. The summed E-state index contributed by atoms with van der Waals surface area (Å²) in [6.45, 7) is 3.86. The van der Waals surface area contributed by atoms with E-state index in [4.69, 9.17) is 5.73 Å². The van der Waals surface area contributed by atoms with Crippen molar-refractivity contribution in [2.45, 2.75) is 25.8 Å². The smallest absolute Gasteiger partial charge is 0.358 e. The van der Waals surface area contributed by atoms with Gasteiger partial charge in [-0.1, -0.05) is 0 Å². The van der Waals surface area contributed by atoms with E-state index in [1.807, 2.05) is 13.8 Å². The zero-order valence-corrected chi connectivity index (χ0v) is 9.57. The molecule has 5 heteroatoms. The normalized spacial score (nSPS) is 11.5. The molecule has 84 valence electrons. The Morgan fingerprint density at radius 2 is 2.27 bits per heavy atom. The number of aromatic nitrogens is 2. The maximum Gasteiger partial charge on any atom is 0.358 e. The van der Waals surface area contributed by atoms with E-state index in [9.17, 15) is 4.79 Å². The first kappa shape index (κ1) is 11.7. The SMILES string of the molecule is COC(=O)c1cc(CC(C)(C)N)n(C)n1. The van der Waals surface area contributed by atoms with Crippen LogP contribution >= 0.6 is 0 Å². The summed E-state index contributed by atoms with van der Waals surface area (Å²) in [6, 6.07) is 1.71. The first-order chi connectivity index (χ1) is 6.83. The lowest BCUT2D eigenvalue weighted by Crippen LogP contribution is -2.35. The van der Waals surface area contributed by atoms with Crippen molar-refractivity contribution in [3.8, 4) is 0 Å². The maximum absolute atomic E-state index is 11.2. The zero-order valence-electron chi connectivity index (χ0n) is 9.57. The lowest BCUT2D eigenvalue weighted by atomic mass is 10.00. The molecule has 2 N–H and O–H groups in total. The standard InChI is InChI=1S/C10H17N3O2/c1-10(2,11)6-7-5-8(9(14)15-4)12-13(7)3/h5H,6,11H2,1-4H3. The van der Waals surface area contributed by atoms with Crippen LogP contribution in [0.25, 0.3) is 0 Å². The fourth-order valence-corrected chi connectivity index (χ4v) is 1.34. The van der Waals surface area contributed by atoms with E-state index in [0.29, 0.717) is 12.1 Å². The molecule has 0 radical (unpaired) electrons. The lowest BCUT2D eigenvalue weighted by molar-refractivity contribution is 0.0593. The Labute approximate surface area is 89.2 Å². The van der Waals surface area contributed by atoms with Gasteiger partial charge in [0.25, 0.3) is 0 Å². The summed E-state index contributed by atoms with van der Waals surface area (Å²) in [5.74, 6) is -0.424. The van der Waals surface area contributed by atoms with E-state index >= 15 is 0 Å². The molecule has 1 aromatic rings. The van der Waals surface area contributed by atoms with Gasteiger partial charge in [0.05, 0.1) is 7.11 Å². The van der Waals surface area contributed by atoms with Gasteiger partial charge in [-0.2, -0.15) is 5.10 Å². The minimum Gasteiger partial charge on any atom is -0.464 e. The largest absolute Gasteiger partial charge is 0.464 e. The second-order valence-electron chi connectivity index (χ2n) is 4.30. The summed E-state index contributed by atoms with van der Waals surface area (Å²) in [7, 11) is 3.12. The van der Waals surface area contributed by atoms with Crippen LogP contribution in [0.15, 0.2) is 6.07 Å². The Kier molecular flexibility index (Phi) is 3.14. The average molecular weight is 211 g/mol. The molecule has 0 unspecified atom stereocenters. The van der Waals surface area contributed by atoms with Crippen molar-refractivity contribution in [3.63, 3.8) is 0 Å². The Morgan fingerprint density at radius 3 is 2.73 bits per heavy atom. The summed E-state index contributed by atoms with van der Waals surface area (Å²) >= 11 is 0. The summed E-state index contributed by atoms with van der Waals surface area (Å²) < 4.78 is 6.24. The first-order valence-electron chi connectivity index (χ1n) is 4.73. The number of methoxy groups -OCH3 is 1. The minimum atomic E-state index is -0.424. The zero-order chi connectivity index (χ0) is 11.6. The van der Waals surface area contributed by atoms with Crippen molar-refractivity contribution < 1.29 is 9.53 Å². The Bertz CT molecular complexity index is 363. The van der Waals surface area contributed by atoms with Crippen LogP contribution in [0.2, 0.25) is 0 Å². The van der Waals surface area contributed by atoms with Crippen molar-refractivity contribution in [2.24, 2.45) is 12.8 Å². The number of carbonyl (C=O) groups excluding carboxylic acids is 1. The van der Waals surface area contributed by atoms with Crippen LogP contribution in [-0.2, 0) is 18.2 Å². The summed E-state index contributed by atoms with van der Waals surface area (Å²) in [6.07, 6.45) is 0.660. The third-order valence-corrected chi connectivity index (χ3v) is 2.01. The van der Waals surface area contributed by atoms with E-state index < -0.39 is 5.97 Å². The number of aryl methyl sites for hydroxylation is 1. The molecule has 0 aliphatic rings. The number of hydrogen-bond acceptors (Lipinski definition) is 4. The molecule has 1 rings (SSSR count). The fourth-order valence-electron chi connectivity index (χ4n) is 1.34. The van der Waals surface area contributed by atoms with Crippen molar-refractivity contribution in [2.75, 3.05) is 7.11 Å². The highest BCUT2D eigenvalue weighted by Crippen LogP contribution is 2.11. The van der Waals surface area contributed by atoms with Crippen LogP contribution < -0.4 is 5.73 Å². The Balaban J connectivity index is 2.92. The van der Waals surface area contributed by atoms with Gasteiger partial charge in [0, 0.05) is 24.7 Å². The predicted molar refractivity (Wildman–Crippen MR) is 56.5 cm³/mol. The van der Waals surface area contributed by atoms with Gasteiger partial charge in [-0.25, -0.2) is 4.79 Å². The van der Waals surface area contributed by atoms with Crippen molar-refractivity contribution >= 4 is 5.97 Å². The van der Waals surface area contributed by atoms with Crippen LogP contribution in [0.4, 0.5) is 0 Å². The third-order valence-electron chi connectivity index (χ3n) is 2.01. The van der Waals surface area contributed by atoms with Gasteiger partial charge in [0.1, 0.15) is 0 Å². The molecule has 0 aliphatic heterocycles.